The van der Waals surface area contributed by atoms with Gasteiger partial charge in [0.25, 0.3) is 0 Å². The van der Waals surface area contributed by atoms with Gasteiger partial charge in [-0.15, -0.1) is 11.3 Å². The van der Waals surface area contributed by atoms with Gasteiger partial charge in [-0.25, -0.2) is 9.97 Å². The van der Waals surface area contributed by atoms with Gasteiger partial charge in [-0.05, 0) is 61.2 Å². The molecule has 0 spiro atoms. The lowest BCUT2D eigenvalue weighted by Gasteiger charge is -2.16. The van der Waals surface area contributed by atoms with Crippen LogP contribution < -0.4 is 10.1 Å². The highest BCUT2D eigenvalue weighted by Crippen LogP contribution is 2.40. The molecule has 1 N–H and O–H groups in total. The van der Waals surface area contributed by atoms with Gasteiger partial charge in [0.2, 0.25) is 5.91 Å². The van der Waals surface area contributed by atoms with E-state index in [0.29, 0.717) is 6.42 Å². The number of nitrogens with zero attached hydrogens (tertiary/aromatic N) is 2. The molecule has 2 aromatic heterocycles. The van der Waals surface area contributed by atoms with Gasteiger partial charge in [-0.2, -0.15) is 0 Å². The van der Waals surface area contributed by atoms with E-state index in [1.54, 1.807) is 24.8 Å². The zero-order chi connectivity index (χ0) is 22.7. The largest absolute Gasteiger partial charge is 0.497 e. The molecule has 32 heavy (non-hydrogen) atoms. The molecule has 4 rings (SSSR count). The van der Waals surface area contributed by atoms with E-state index in [9.17, 15) is 4.79 Å². The molecule has 4 aromatic rings. The smallest absolute Gasteiger partial charge is 0.237 e. The van der Waals surface area contributed by atoms with Crippen molar-refractivity contribution < 1.29 is 9.53 Å². The minimum Gasteiger partial charge on any atom is -0.497 e. The van der Waals surface area contributed by atoms with Gasteiger partial charge >= 0.3 is 0 Å². The van der Waals surface area contributed by atoms with Gasteiger partial charge in [0.05, 0.1) is 17.7 Å². The molecule has 0 fully saturated rings. The van der Waals surface area contributed by atoms with Crippen LogP contribution in [0.2, 0.25) is 0 Å². The van der Waals surface area contributed by atoms with Crippen molar-refractivity contribution in [1.82, 2.24) is 9.97 Å². The Morgan fingerprint density at radius 3 is 2.50 bits per heavy atom. The average Bonchev–Trinajstić information content (AvgIpc) is 3.21. The third-order valence-electron chi connectivity index (χ3n) is 5.14. The second-order valence-electron chi connectivity index (χ2n) is 7.62. The van der Waals surface area contributed by atoms with E-state index in [1.165, 1.54) is 11.8 Å². The maximum absolute atomic E-state index is 13.1. The van der Waals surface area contributed by atoms with E-state index >= 15 is 0 Å². The lowest BCUT2D eigenvalue weighted by atomic mass is 10.1. The molecule has 0 aliphatic rings. The highest BCUT2D eigenvalue weighted by molar-refractivity contribution is 8.00. The van der Waals surface area contributed by atoms with Crippen LogP contribution in [0.4, 0.5) is 5.69 Å². The third-order valence-corrected chi connectivity index (χ3v) is 7.39. The lowest BCUT2D eigenvalue weighted by molar-refractivity contribution is -0.115. The van der Waals surface area contributed by atoms with Crippen LogP contribution in [-0.4, -0.2) is 28.2 Å². The number of amides is 1. The molecule has 164 valence electrons. The Morgan fingerprint density at radius 1 is 1.12 bits per heavy atom. The number of carbonyl (C=O) groups is 1. The Hall–Kier alpha value is -2.90. The van der Waals surface area contributed by atoms with Crippen molar-refractivity contribution in [3.63, 3.8) is 0 Å². The minimum atomic E-state index is -0.266. The number of hydrogen-bond donors (Lipinski definition) is 1. The summed E-state index contributed by atoms with van der Waals surface area (Å²) in [5.74, 6) is 0.795. The number of carbonyl (C=O) groups excluding carboxylic acids is 1. The number of thioether (sulfide) groups is 1. The van der Waals surface area contributed by atoms with Crippen LogP contribution in [0, 0.1) is 13.8 Å². The molecule has 2 aromatic carbocycles. The zero-order valence-electron chi connectivity index (χ0n) is 18.5. The van der Waals surface area contributed by atoms with Crippen LogP contribution in [0.15, 0.2) is 59.2 Å². The number of aromatic nitrogens is 2. The fourth-order valence-corrected chi connectivity index (χ4v) is 5.66. The summed E-state index contributed by atoms with van der Waals surface area (Å²) < 4.78 is 5.28. The molecular weight excluding hydrogens is 438 g/mol. The molecule has 7 heteroatoms. The van der Waals surface area contributed by atoms with Gasteiger partial charge in [-0.3, -0.25) is 4.79 Å². The van der Waals surface area contributed by atoms with Crippen LogP contribution in [0.25, 0.3) is 21.3 Å². The number of thiophene rings is 1. The quantitative estimate of drug-likeness (QED) is 0.251. The summed E-state index contributed by atoms with van der Waals surface area (Å²) in [7, 11) is 1.66. The number of hydrogen-bond acceptors (Lipinski definition) is 6. The molecule has 2 heterocycles. The predicted octanol–water partition coefficient (Wildman–Crippen LogP) is 6.49. The van der Waals surface area contributed by atoms with Crippen LogP contribution in [0.3, 0.4) is 0 Å². The Kier molecular flexibility index (Phi) is 6.77. The van der Waals surface area contributed by atoms with Crippen molar-refractivity contribution in [2.24, 2.45) is 0 Å². The van der Waals surface area contributed by atoms with E-state index in [0.717, 1.165) is 48.9 Å². The second-order valence-corrected chi connectivity index (χ2v) is 9.67. The van der Waals surface area contributed by atoms with Gasteiger partial charge in [0, 0.05) is 16.6 Å². The summed E-state index contributed by atoms with van der Waals surface area (Å²) in [6, 6.07) is 14.0. The first-order valence-electron chi connectivity index (χ1n) is 10.4. The van der Waals surface area contributed by atoms with Gasteiger partial charge in [0.1, 0.15) is 21.9 Å². The second kappa shape index (κ2) is 9.71. The molecule has 0 bridgehead atoms. The molecule has 1 amide bonds. The lowest BCUT2D eigenvalue weighted by Crippen LogP contribution is -2.24. The number of methoxy groups -OCH3 is 1. The SMILES string of the molecule is CCC(Sc1ncnc2scc(-c3ccc(OC)cc3)c12)C(=O)Nc1cc(C)cc(C)c1. The summed E-state index contributed by atoms with van der Waals surface area (Å²) in [5, 5.41) is 6.73. The minimum absolute atomic E-state index is 0.0181. The number of rotatable bonds is 7. The number of ether oxygens (including phenoxy) is 1. The maximum atomic E-state index is 13.1. The van der Waals surface area contributed by atoms with Crippen LogP contribution >= 0.6 is 23.1 Å². The summed E-state index contributed by atoms with van der Waals surface area (Å²) in [5.41, 5.74) is 5.22. The van der Waals surface area contributed by atoms with Gasteiger partial charge in [-0.1, -0.05) is 36.9 Å². The van der Waals surface area contributed by atoms with Crippen LogP contribution in [-0.2, 0) is 4.79 Å². The van der Waals surface area contributed by atoms with Crippen molar-refractivity contribution in [2.75, 3.05) is 12.4 Å². The summed E-state index contributed by atoms with van der Waals surface area (Å²) in [6.45, 7) is 6.09. The Balaban J connectivity index is 1.63. The molecule has 1 atom stereocenters. The summed E-state index contributed by atoms with van der Waals surface area (Å²) in [4.78, 5) is 23.0. The van der Waals surface area contributed by atoms with E-state index in [2.05, 4.69) is 26.7 Å². The zero-order valence-corrected chi connectivity index (χ0v) is 20.1. The summed E-state index contributed by atoms with van der Waals surface area (Å²) in [6.07, 6.45) is 2.27. The number of fused-ring (bicyclic) bond motifs is 1. The third kappa shape index (κ3) is 4.79. The Labute approximate surface area is 196 Å². The van der Waals surface area contributed by atoms with E-state index in [4.69, 9.17) is 4.74 Å². The fourth-order valence-electron chi connectivity index (χ4n) is 3.65. The molecule has 0 radical (unpaired) electrons. The Morgan fingerprint density at radius 2 is 1.84 bits per heavy atom. The van der Waals surface area contributed by atoms with Crippen molar-refractivity contribution in [1.29, 1.82) is 0 Å². The molecular formula is C25H25N3O2S2. The fraction of sp³-hybridized carbons (Fsp3) is 0.240. The number of nitrogens with one attached hydrogen (secondary N) is 1. The standard InChI is InChI=1S/C25H25N3O2S2/c1-5-21(23(29)28-18-11-15(2)10-16(3)12-18)32-25-22-20(13-31-24(22)26-14-27-25)17-6-8-19(30-4)9-7-17/h6-14,21H,5H2,1-4H3,(H,28,29). The van der Waals surface area contributed by atoms with E-state index in [-0.39, 0.29) is 11.2 Å². The molecule has 0 aliphatic carbocycles. The normalized spacial score (nSPS) is 12.0. The van der Waals surface area contributed by atoms with E-state index < -0.39 is 0 Å². The molecule has 0 saturated carbocycles. The van der Waals surface area contributed by atoms with Crippen molar-refractivity contribution >= 4 is 44.9 Å². The molecule has 5 nitrogen and oxygen atoms in total. The van der Waals surface area contributed by atoms with Crippen molar-refractivity contribution in [2.45, 2.75) is 37.5 Å². The molecule has 0 saturated heterocycles. The van der Waals surface area contributed by atoms with Crippen molar-refractivity contribution in [3.8, 4) is 16.9 Å². The predicted molar refractivity (Wildman–Crippen MR) is 134 cm³/mol. The van der Waals surface area contributed by atoms with Gasteiger partial charge in [0.15, 0.2) is 0 Å². The average molecular weight is 464 g/mol. The van der Waals surface area contributed by atoms with E-state index in [1.807, 2.05) is 57.2 Å². The maximum Gasteiger partial charge on any atom is 0.237 e. The summed E-state index contributed by atoms with van der Waals surface area (Å²) >= 11 is 3.08. The molecule has 0 aliphatic heterocycles. The number of aryl methyl sites for hydroxylation is 2. The van der Waals surface area contributed by atoms with Crippen molar-refractivity contribution in [3.05, 3.63) is 65.3 Å². The number of anilines is 1. The highest BCUT2D eigenvalue weighted by atomic mass is 32.2. The molecule has 1 unspecified atom stereocenters. The first-order chi connectivity index (χ1) is 15.5. The monoisotopic (exact) mass is 463 g/mol. The van der Waals surface area contributed by atoms with Gasteiger partial charge < -0.3 is 10.1 Å². The first-order valence-corrected chi connectivity index (χ1v) is 12.2. The Bertz CT molecular complexity index is 1230. The van der Waals surface area contributed by atoms with Crippen LogP contribution in [0.5, 0.6) is 5.75 Å². The highest BCUT2D eigenvalue weighted by Gasteiger charge is 2.22. The van der Waals surface area contributed by atoms with Crippen LogP contribution in [0.1, 0.15) is 24.5 Å². The number of benzene rings is 2. The topological polar surface area (TPSA) is 64.1 Å². The first kappa shape index (κ1) is 22.3.